The third-order valence-electron chi connectivity index (χ3n) is 4.63. The summed E-state index contributed by atoms with van der Waals surface area (Å²) in [7, 11) is -3.91. The number of sulfonamides is 1. The predicted molar refractivity (Wildman–Crippen MR) is 108 cm³/mol. The van der Waals surface area contributed by atoms with Gasteiger partial charge in [-0.25, -0.2) is 12.8 Å². The van der Waals surface area contributed by atoms with Crippen molar-refractivity contribution >= 4 is 15.7 Å². The largest absolute Gasteiger partial charge is 0.486 e. The van der Waals surface area contributed by atoms with Crippen LogP contribution in [0.1, 0.15) is 11.1 Å². The van der Waals surface area contributed by atoms with Crippen molar-refractivity contribution < 1.29 is 22.3 Å². The van der Waals surface area contributed by atoms with Crippen LogP contribution in [-0.2, 0) is 16.6 Å². The van der Waals surface area contributed by atoms with Crippen molar-refractivity contribution in [3.8, 4) is 11.5 Å². The molecule has 3 aromatic rings. The standard InChI is InChI=1S/C22H20FNO4S/c1-16-3-2-4-19(13-16)24(15-17-5-7-18(23)8-6-17)29(25,26)20-9-10-21-22(14-20)28-12-11-27-21/h2-10,13-14H,11-12,15H2,1H3. The molecule has 5 nitrogen and oxygen atoms in total. The first-order valence-corrected chi connectivity index (χ1v) is 10.6. The van der Waals surface area contributed by atoms with Gasteiger partial charge in [0.2, 0.25) is 0 Å². The van der Waals surface area contributed by atoms with Crippen molar-refractivity contribution in [3.05, 3.63) is 83.7 Å². The second-order valence-electron chi connectivity index (χ2n) is 6.78. The first kappa shape index (κ1) is 19.3. The monoisotopic (exact) mass is 413 g/mol. The number of hydrogen-bond acceptors (Lipinski definition) is 4. The molecule has 3 aromatic carbocycles. The Bertz CT molecular complexity index is 1130. The highest BCUT2D eigenvalue weighted by molar-refractivity contribution is 7.92. The second-order valence-corrected chi connectivity index (χ2v) is 8.64. The lowest BCUT2D eigenvalue weighted by atomic mass is 10.2. The fourth-order valence-corrected chi connectivity index (χ4v) is 4.63. The second kappa shape index (κ2) is 7.75. The molecule has 0 atom stereocenters. The molecule has 0 aromatic heterocycles. The van der Waals surface area contributed by atoms with Gasteiger partial charge in [0.05, 0.1) is 17.1 Å². The zero-order chi connectivity index (χ0) is 20.4. The summed E-state index contributed by atoms with van der Waals surface area (Å²) in [5.74, 6) is 0.560. The fourth-order valence-electron chi connectivity index (χ4n) is 3.17. The summed E-state index contributed by atoms with van der Waals surface area (Å²) in [5, 5.41) is 0. The normalized spacial score (nSPS) is 13.2. The van der Waals surface area contributed by atoms with E-state index in [0.717, 1.165) is 5.56 Å². The molecule has 0 amide bonds. The van der Waals surface area contributed by atoms with Crippen LogP contribution in [-0.4, -0.2) is 21.6 Å². The third kappa shape index (κ3) is 4.05. The molecule has 0 saturated carbocycles. The summed E-state index contributed by atoms with van der Waals surface area (Å²) < 4.78 is 52.8. The van der Waals surface area contributed by atoms with Gasteiger partial charge in [0, 0.05) is 6.07 Å². The summed E-state index contributed by atoms with van der Waals surface area (Å²) in [6.45, 7) is 2.77. The highest BCUT2D eigenvalue weighted by Crippen LogP contribution is 2.34. The van der Waals surface area contributed by atoms with E-state index in [2.05, 4.69) is 0 Å². The third-order valence-corrected chi connectivity index (χ3v) is 6.40. The predicted octanol–water partition coefficient (Wildman–Crippen LogP) is 4.30. The van der Waals surface area contributed by atoms with Crippen LogP contribution in [0, 0.1) is 12.7 Å². The highest BCUT2D eigenvalue weighted by Gasteiger charge is 2.27. The van der Waals surface area contributed by atoms with Gasteiger partial charge in [-0.15, -0.1) is 0 Å². The number of ether oxygens (including phenoxy) is 2. The Labute approximate surface area is 169 Å². The van der Waals surface area contributed by atoms with Crippen LogP contribution in [0.3, 0.4) is 0 Å². The average molecular weight is 413 g/mol. The first-order valence-electron chi connectivity index (χ1n) is 9.17. The van der Waals surface area contributed by atoms with Gasteiger partial charge in [-0.1, -0.05) is 24.3 Å². The maximum Gasteiger partial charge on any atom is 0.264 e. The fraction of sp³-hybridized carbons (Fsp3) is 0.182. The number of benzene rings is 3. The number of rotatable bonds is 5. The Kier molecular flexibility index (Phi) is 5.15. The van der Waals surface area contributed by atoms with Crippen molar-refractivity contribution in [1.82, 2.24) is 0 Å². The number of nitrogens with zero attached hydrogens (tertiary/aromatic N) is 1. The topological polar surface area (TPSA) is 55.8 Å². The van der Waals surface area contributed by atoms with Gasteiger partial charge in [-0.05, 0) is 54.4 Å². The van der Waals surface area contributed by atoms with E-state index in [1.807, 2.05) is 19.1 Å². The molecule has 7 heteroatoms. The van der Waals surface area contributed by atoms with Gasteiger partial charge in [-0.2, -0.15) is 0 Å². The zero-order valence-electron chi connectivity index (χ0n) is 15.8. The molecule has 1 aliphatic rings. The molecule has 0 unspecified atom stereocenters. The maximum atomic E-state index is 13.6. The molecular formula is C22H20FNO4S. The van der Waals surface area contributed by atoms with E-state index < -0.39 is 10.0 Å². The quantitative estimate of drug-likeness (QED) is 0.626. The van der Waals surface area contributed by atoms with Crippen LogP contribution in [0.15, 0.2) is 71.6 Å². The van der Waals surface area contributed by atoms with Crippen molar-refractivity contribution in [1.29, 1.82) is 0 Å². The number of halogens is 1. The first-order chi connectivity index (χ1) is 13.9. The van der Waals surface area contributed by atoms with E-state index in [4.69, 9.17) is 9.47 Å². The summed E-state index contributed by atoms with van der Waals surface area (Å²) in [6, 6.07) is 17.7. The Morgan fingerprint density at radius 1 is 0.931 bits per heavy atom. The lowest BCUT2D eigenvalue weighted by Gasteiger charge is -2.26. The molecule has 0 fully saturated rings. The minimum Gasteiger partial charge on any atom is -0.486 e. The van der Waals surface area contributed by atoms with E-state index in [-0.39, 0.29) is 17.3 Å². The van der Waals surface area contributed by atoms with Crippen LogP contribution < -0.4 is 13.8 Å². The van der Waals surface area contributed by atoms with Crippen LogP contribution in [0.4, 0.5) is 10.1 Å². The number of aryl methyl sites for hydroxylation is 1. The van der Waals surface area contributed by atoms with Gasteiger partial charge in [0.15, 0.2) is 11.5 Å². The lowest BCUT2D eigenvalue weighted by molar-refractivity contribution is 0.171. The van der Waals surface area contributed by atoms with Gasteiger partial charge in [0.25, 0.3) is 10.0 Å². The lowest BCUT2D eigenvalue weighted by Crippen LogP contribution is -2.30. The van der Waals surface area contributed by atoms with Crippen LogP contribution in [0.25, 0.3) is 0 Å². The van der Waals surface area contributed by atoms with E-state index in [1.165, 1.54) is 28.6 Å². The molecule has 1 aliphatic heterocycles. The molecule has 0 aliphatic carbocycles. The van der Waals surface area contributed by atoms with Gasteiger partial charge in [-0.3, -0.25) is 4.31 Å². The number of fused-ring (bicyclic) bond motifs is 1. The molecule has 0 radical (unpaired) electrons. The Morgan fingerprint density at radius 3 is 2.38 bits per heavy atom. The van der Waals surface area contributed by atoms with E-state index in [1.54, 1.807) is 30.3 Å². The number of anilines is 1. The minimum atomic E-state index is -3.91. The Hall–Kier alpha value is -3.06. The summed E-state index contributed by atoms with van der Waals surface area (Å²) >= 11 is 0. The zero-order valence-corrected chi connectivity index (χ0v) is 16.7. The van der Waals surface area contributed by atoms with Crippen LogP contribution >= 0.6 is 0 Å². The van der Waals surface area contributed by atoms with Crippen LogP contribution in [0.5, 0.6) is 11.5 Å². The maximum absolute atomic E-state index is 13.6. The summed E-state index contributed by atoms with van der Waals surface area (Å²) in [4.78, 5) is 0.102. The minimum absolute atomic E-state index is 0.0699. The molecule has 150 valence electrons. The van der Waals surface area contributed by atoms with Crippen LogP contribution in [0.2, 0.25) is 0 Å². The molecule has 4 rings (SSSR count). The SMILES string of the molecule is Cc1cccc(N(Cc2ccc(F)cc2)S(=O)(=O)c2ccc3c(c2)OCCO3)c1. The molecule has 29 heavy (non-hydrogen) atoms. The smallest absolute Gasteiger partial charge is 0.264 e. The van der Waals surface area contributed by atoms with Crippen molar-refractivity contribution in [2.45, 2.75) is 18.4 Å². The van der Waals surface area contributed by atoms with Crippen molar-refractivity contribution in [2.24, 2.45) is 0 Å². The Morgan fingerprint density at radius 2 is 1.66 bits per heavy atom. The molecular weight excluding hydrogens is 393 g/mol. The van der Waals surface area contributed by atoms with Gasteiger partial charge >= 0.3 is 0 Å². The van der Waals surface area contributed by atoms with E-state index in [9.17, 15) is 12.8 Å². The number of hydrogen-bond donors (Lipinski definition) is 0. The summed E-state index contributed by atoms with van der Waals surface area (Å²) in [6.07, 6.45) is 0. The van der Waals surface area contributed by atoms with Gasteiger partial charge < -0.3 is 9.47 Å². The Balaban J connectivity index is 1.77. The van der Waals surface area contributed by atoms with Crippen molar-refractivity contribution in [2.75, 3.05) is 17.5 Å². The molecule has 1 heterocycles. The molecule has 0 N–H and O–H groups in total. The van der Waals surface area contributed by atoms with Gasteiger partial charge in [0.1, 0.15) is 19.0 Å². The van der Waals surface area contributed by atoms with E-state index in [0.29, 0.717) is 36.0 Å². The molecule has 0 bridgehead atoms. The summed E-state index contributed by atoms with van der Waals surface area (Å²) in [5.41, 5.74) is 2.14. The molecule has 0 saturated heterocycles. The molecule has 0 spiro atoms. The van der Waals surface area contributed by atoms with Crippen molar-refractivity contribution in [3.63, 3.8) is 0 Å². The van der Waals surface area contributed by atoms with E-state index >= 15 is 0 Å². The highest BCUT2D eigenvalue weighted by atomic mass is 32.2. The average Bonchev–Trinajstić information content (AvgIpc) is 2.72.